The van der Waals surface area contributed by atoms with E-state index in [9.17, 15) is 4.79 Å². The van der Waals surface area contributed by atoms with E-state index in [1.807, 2.05) is 28.8 Å². The summed E-state index contributed by atoms with van der Waals surface area (Å²) in [4.78, 5) is 27.6. The van der Waals surface area contributed by atoms with Gasteiger partial charge in [-0.25, -0.2) is 15.0 Å². The number of benzene rings is 1. The van der Waals surface area contributed by atoms with Crippen molar-refractivity contribution in [3.63, 3.8) is 0 Å². The summed E-state index contributed by atoms with van der Waals surface area (Å²) >= 11 is 0. The minimum atomic E-state index is -0.0921. The maximum atomic E-state index is 13.4. The maximum Gasteiger partial charge on any atom is 0.265 e. The third-order valence-electron chi connectivity index (χ3n) is 5.47. The molecule has 1 aliphatic rings. The van der Waals surface area contributed by atoms with Crippen molar-refractivity contribution in [2.75, 3.05) is 20.3 Å². The van der Waals surface area contributed by atoms with Gasteiger partial charge in [0.1, 0.15) is 10.9 Å². The zero-order chi connectivity index (χ0) is 19.8. The first kappa shape index (κ1) is 18.2. The molecular weight excluding hydrogens is 370 g/mol. The van der Waals surface area contributed by atoms with Gasteiger partial charge in [0.05, 0.1) is 30.0 Å². The Balaban J connectivity index is 1.73. The largest absolute Gasteiger partial charge is 0.385 e. The van der Waals surface area contributed by atoms with Gasteiger partial charge in [0.2, 0.25) is 0 Å². The monoisotopic (exact) mass is 393 g/mol. The van der Waals surface area contributed by atoms with Gasteiger partial charge in [-0.3, -0.25) is 9.36 Å². The number of ether oxygens (including phenoxy) is 2. The van der Waals surface area contributed by atoms with Crippen LogP contribution in [0.1, 0.15) is 19.3 Å². The van der Waals surface area contributed by atoms with Crippen LogP contribution in [0.25, 0.3) is 33.2 Å². The number of aromatic nitrogens is 5. The molecule has 4 heterocycles. The lowest BCUT2D eigenvalue weighted by Gasteiger charge is -2.11. The van der Waals surface area contributed by atoms with Gasteiger partial charge < -0.3 is 14.0 Å². The number of nitrogens with zero attached hydrogens (tertiary/aromatic N) is 5. The highest BCUT2D eigenvalue weighted by Crippen LogP contribution is 2.25. The Kier molecular flexibility index (Phi) is 4.73. The molecule has 0 N–H and O–H groups in total. The second kappa shape index (κ2) is 7.53. The molecule has 0 saturated carbocycles. The highest BCUT2D eigenvalue weighted by Gasteiger charge is 2.22. The van der Waals surface area contributed by atoms with Crippen molar-refractivity contribution < 1.29 is 9.47 Å². The number of rotatable bonds is 6. The predicted molar refractivity (Wildman–Crippen MR) is 110 cm³/mol. The number of hydrogen-bond donors (Lipinski definition) is 0. The van der Waals surface area contributed by atoms with Crippen LogP contribution in [0.3, 0.4) is 0 Å². The van der Waals surface area contributed by atoms with Crippen LogP contribution in [0.15, 0.2) is 35.4 Å². The molecular formula is C21H23N5O3. The summed E-state index contributed by atoms with van der Waals surface area (Å²) in [5.41, 5.74) is 3.40. The fourth-order valence-electron chi connectivity index (χ4n) is 4.06. The van der Waals surface area contributed by atoms with Crippen LogP contribution in [-0.2, 0) is 22.6 Å². The van der Waals surface area contributed by atoms with Crippen LogP contribution in [0, 0.1) is 0 Å². The Morgan fingerprint density at radius 1 is 1.21 bits per heavy atom. The molecule has 29 heavy (non-hydrogen) atoms. The van der Waals surface area contributed by atoms with E-state index >= 15 is 0 Å². The van der Waals surface area contributed by atoms with Crippen LogP contribution in [-0.4, -0.2) is 50.5 Å². The van der Waals surface area contributed by atoms with Gasteiger partial charge in [-0.15, -0.1) is 0 Å². The van der Waals surface area contributed by atoms with Crippen molar-refractivity contribution in [3.05, 3.63) is 40.9 Å². The van der Waals surface area contributed by atoms with Crippen molar-refractivity contribution >= 4 is 33.2 Å². The SMILES string of the molecule is COCCCn1c2nc3ccccc3nc2c2c(=O)n(C[C@@H]3CCCO3)cnc21. The van der Waals surface area contributed by atoms with E-state index in [0.717, 1.165) is 36.9 Å². The minimum Gasteiger partial charge on any atom is -0.385 e. The number of aryl methyl sites for hydroxylation is 1. The van der Waals surface area contributed by atoms with Gasteiger partial charge in [0.15, 0.2) is 11.3 Å². The molecule has 0 spiro atoms. The van der Waals surface area contributed by atoms with Gasteiger partial charge in [0.25, 0.3) is 5.56 Å². The Hall–Kier alpha value is -2.84. The molecule has 4 aromatic rings. The van der Waals surface area contributed by atoms with Crippen LogP contribution >= 0.6 is 0 Å². The Morgan fingerprint density at radius 3 is 2.79 bits per heavy atom. The molecule has 0 unspecified atom stereocenters. The zero-order valence-electron chi connectivity index (χ0n) is 16.4. The van der Waals surface area contributed by atoms with E-state index < -0.39 is 0 Å². The average Bonchev–Trinajstić information content (AvgIpc) is 3.35. The van der Waals surface area contributed by atoms with Crippen molar-refractivity contribution in [1.29, 1.82) is 0 Å². The van der Waals surface area contributed by atoms with E-state index in [4.69, 9.17) is 19.4 Å². The molecule has 1 aromatic carbocycles. The van der Waals surface area contributed by atoms with Crippen molar-refractivity contribution in [2.24, 2.45) is 0 Å². The third kappa shape index (κ3) is 3.18. The van der Waals surface area contributed by atoms with Crippen LogP contribution in [0.4, 0.5) is 0 Å². The topological polar surface area (TPSA) is 84.1 Å². The lowest BCUT2D eigenvalue weighted by Crippen LogP contribution is -2.26. The molecule has 3 aromatic heterocycles. The van der Waals surface area contributed by atoms with Gasteiger partial charge >= 0.3 is 0 Å². The lowest BCUT2D eigenvalue weighted by molar-refractivity contribution is 0.0960. The molecule has 0 radical (unpaired) electrons. The van der Waals surface area contributed by atoms with Crippen molar-refractivity contribution in [1.82, 2.24) is 24.1 Å². The van der Waals surface area contributed by atoms with Gasteiger partial charge in [0, 0.05) is 26.9 Å². The summed E-state index contributed by atoms with van der Waals surface area (Å²) in [7, 11) is 1.68. The highest BCUT2D eigenvalue weighted by atomic mass is 16.5. The van der Waals surface area contributed by atoms with E-state index in [0.29, 0.717) is 41.9 Å². The van der Waals surface area contributed by atoms with Crippen molar-refractivity contribution in [3.8, 4) is 0 Å². The van der Waals surface area contributed by atoms with E-state index in [2.05, 4.69) is 4.98 Å². The molecule has 1 saturated heterocycles. The fraction of sp³-hybridized carbons (Fsp3) is 0.429. The van der Waals surface area contributed by atoms with Gasteiger partial charge in [-0.05, 0) is 31.4 Å². The summed E-state index contributed by atoms with van der Waals surface area (Å²) in [5, 5.41) is 0.524. The van der Waals surface area contributed by atoms with Crippen molar-refractivity contribution in [2.45, 2.75) is 38.5 Å². The molecule has 1 aliphatic heterocycles. The predicted octanol–water partition coefficient (Wildman–Crippen LogP) is 2.51. The van der Waals surface area contributed by atoms with E-state index in [-0.39, 0.29) is 11.7 Å². The van der Waals surface area contributed by atoms with E-state index in [1.54, 1.807) is 18.0 Å². The third-order valence-corrected chi connectivity index (χ3v) is 5.47. The molecule has 150 valence electrons. The first-order valence-electron chi connectivity index (χ1n) is 10.0. The number of hydrogen-bond acceptors (Lipinski definition) is 6. The summed E-state index contributed by atoms with van der Waals surface area (Å²) in [6.07, 6.45) is 4.48. The second-order valence-corrected chi connectivity index (χ2v) is 7.42. The Morgan fingerprint density at radius 2 is 2.03 bits per heavy atom. The second-order valence-electron chi connectivity index (χ2n) is 7.42. The molecule has 0 bridgehead atoms. The first-order chi connectivity index (χ1) is 14.3. The first-order valence-corrected chi connectivity index (χ1v) is 10.0. The molecule has 5 rings (SSSR count). The smallest absolute Gasteiger partial charge is 0.265 e. The number of para-hydroxylation sites is 2. The fourth-order valence-corrected chi connectivity index (χ4v) is 4.06. The summed E-state index contributed by atoms with van der Waals surface area (Å²) < 4.78 is 14.5. The summed E-state index contributed by atoms with van der Waals surface area (Å²) in [6, 6.07) is 7.71. The van der Waals surface area contributed by atoms with Gasteiger partial charge in [-0.1, -0.05) is 12.1 Å². The molecule has 8 nitrogen and oxygen atoms in total. The Labute approximate surface area is 167 Å². The minimum absolute atomic E-state index is 0.0638. The number of fused-ring (bicyclic) bond motifs is 4. The molecule has 1 fully saturated rings. The standard InChI is InChI=1S/C21H23N5O3/c1-28-10-5-9-26-19-17(18-20(26)24-16-8-3-2-7-15(16)23-18)21(27)25(13-22-19)12-14-6-4-11-29-14/h2-3,7-8,13-14H,4-6,9-12H2,1H3/t14-/m0/s1. The Bertz CT molecular complexity index is 1240. The van der Waals surface area contributed by atoms with Crippen LogP contribution in [0.5, 0.6) is 0 Å². The average molecular weight is 393 g/mol. The van der Waals surface area contributed by atoms with E-state index in [1.165, 1.54) is 0 Å². The lowest BCUT2D eigenvalue weighted by atomic mass is 10.2. The summed E-state index contributed by atoms with van der Waals surface area (Å²) in [5.74, 6) is 0. The molecule has 8 heteroatoms. The summed E-state index contributed by atoms with van der Waals surface area (Å²) in [6.45, 7) is 2.55. The zero-order valence-corrected chi connectivity index (χ0v) is 16.4. The quantitative estimate of drug-likeness (QED) is 0.468. The van der Waals surface area contributed by atoms with Crippen LogP contribution < -0.4 is 5.56 Å². The highest BCUT2D eigenvalue weighted by molar-refractivity contribution is 6.04. The maximum absolute atomic E-state index is 13.4. The van der Waals surface area contributed by atoms with Gasteiger partial charge in [-0.2, -0.15) is 0 Å². The molecule has 0 aliphatic carbocycles. The molecule has 0 amide bonds. The van der Waals surface area contributed by atoms with Crippen LogP contribution in [0.2, 0.25) is 0 Å². The molecule has 1 atom stereocenters. The normalized spacial score (nSPS) is 17.1. The number of methoxy groups -OCH3 is 1.